The van der Waals surface area contributed by atoms with Crippen LogP contribution >= 0.6 is 0 Å². The van der Waals surface area contributed by atoms with Crippen molar-refractivity contribution >= 4 is 6.08 Å². The maximum absolute atomic E-state index is 6.14. The highest BCUT2D eigenvalue weighted by atomic mass is 16.5. The molecule has 0 bridgehead atoms. The van der Waals surface area contributed by atoms with Crippen LogP contribution in [0, 0.1) is 0 Å². The minimum Gasteiger partial charge on any atom is -0.488 e. The molecule has 2 heteroatoms. The van der Waals surface area contributed by atoms with E-state index in [0.29, 0.717) is 6.61 Å². The Kier molecular flexibility index (Phi) is 4.03. The van der Waals surface area contributed by atoms with Gasteiger partial charge in [0.15, 0.2) is 0 Å². The van der Waals surface area contributed by atoms with Crippen molar-refractivity contribution in [2.24, 2.45) is 0 Å². The molecule has 0 N–H and O–H groups in total. The summed E-state index contributed by atoms with van der Waals surface area (Å²) < 4.78 is 12.2. The molecule has 1 atom stereocenters. The van der Waals surface area contributed by atoms with Crippen LogP contribution in [0.25, 0.3) is 6.08 Å². The molecule has 0 aliphatic carbocycles. The molecular weight excluding hydrogens is 296 g/mol. The summed E-state index contributed by atoms with van der Waals surface area (Å²) in [5, 5.41) is 0. The lowest BCUT2D eigenvalue weighted by molar-refractivity contribution is 0.236. The van der Waals surface area contributed by atoms with Gasteiger partial charge in [0.1, 0.15) is 24.2 Å². The first-order valence-electron chi connectivity index (χ1n) is 8.10. The fourth-order valence-electron chi connectivity index (χ4n) is 2.84. The third-order valence-corrected chi connectivity index (χ3v) is 4.09. The monoisotopic (exact) mass is 314 g/mol. The molecule has 0 amide bonds. The molecule has 1 heterocycles. The predicted octanol–water partition coefficient (Wildman–Crippen LogP) is 5.41. The molecule has 0 radical (unpaired) electrons. The Bertz CT molecular complexity index is 853. The van der Waals surface area contributed by atoms with Crippen LogP contribution in [0.5, 0.6) is 11.5 Å². The number of benzene rings is 3. The minimum absolute atomic E-state index is 0.133. The van der Waals surface area contributed by atoms with Gasteiger partial charge in [-0.05, 0) is 23.8 Å². The van der Waals surface area contributed by atoms with Gasteiger partial charge in [-0.15, -0.1) is 0 Å². The van der Waals surface area contributed by atoms with Crippen LogP contribution in [0.4, 0.5) is 0 Å². The Hall–Kier alpha value is -3.00. The van der Waals surface area contributed by atoms with E-state index in [1.165, 1.54) is 0 Å². The van der Waals surface area contributed by atoms with Gasteiger partial charge in [-0.2, -0.15) is 0 Å². The highest BCUT2D eigenvalue weighted by Crippen LogP contribution is 2.36. The van der Waals surface area contributed by atoms with E-state index in [1.54, 1.807) is 0 Å². The van der Waals surface area contributed by atoms with Gasteiger partial charge in [-0.1, -0.05) is 72.8 Å². The molecule has 0 fully saturated rings. The number of hydrogen-bond acceptors (Lipinski definition) is 2. The van der Waals surface area contributed by atoms with E-state index in [0.717, 1.165) is 28.2 Å². The molecule has 1 aliphatic heterocycles. The molecule has 3 aromatic carbocycles. The van der Waals surface area contributed by atoms with Crippen LogP contribution in [-0.2, 0) is 6.61 Å². The Morgan fingerprint density at radius 1 is 0.792 bits per heavy atom. The van der Waals surface area contributed by atoms with Gasteiger partial charge >= 0.3 is 0 Å². The second kappa shape index (κ2) is 6.63. The summed E-state index contributed by atoms with van der Waals surface area (Å²) in [6.07, 6.45) is 4.05. The lowest BCUT2D eigenvalue weighted by Gasteiger charge is -2.23. The Labute approximate surface area is 142 Å². The van der Waals surface area contributed by atoms with Gasteiger partial charge in [-0.3, -0.25) is 0 Å². The van der Waals surface area contributed by atoms with Crippen LogP contribution in [0.15, 0.2) is 84.9 Å². The van der Waals surface area contributed by atoms with Crippen molar-refractivity contribution in [2.75, 3.05) is 0 Å². The quantitative estimate of drug-likeness (QED) is 0.641. The van der Waals surface area contributed by atoms with Crippen LogP contribution in [0.1, 0.15) is 22.8 Å². The fraction of sp³-hybridized carbons (Fsp3) is 0.0909. The molecule has 2 nitrogen and oxygen atoms in total. The maximum Gasteiger partial charge on any atom is 0.146 e. The van der Waals surface area contributed by atoms with E-state index in [2.05, 4.69) is 36.4 Å². The van der Waals surface area contributed by atoms with Gasteiger partial charge in [0.2, 0.25) is 0 Å². The van der Waals surface area contributed by atoms with Crippen molar-refractivity contribution in [3.8, 4) is 11.5 Å². The molecule has 0 spiro atoms. The zero-order valence-corrected chi connectivity index (χ0v) is 13.3. The van der Waals surface area contributed by atoms with E-state index >= 15 is 0 Å². The van der Waals surface area contributed by atoms with Gasteiger partial charge in [0.05, 0.1) is 0 Å². The van der Waals surface area contributed by atoms with Crippen molar-refractivity contribution in [2.45, 2.75) is 12.7 Å². The average molecular weight is 314 g/mol. The molecule has 118 valence electrons. The fourth-order valence-corrected chi connectivity index (χ4v) is 2.84. The molecule has 3 aromatic rings. The summed E-state index contributed by atoms with van der Waals surface area (Å²) in [7, 11) is 0. The Morgan fingerprint density at radius 3 is 2.46 bits per heavy atom. The summed E-state index contributed by atoms with van der Waals surface area (Å²) in [6, 6.07) is 26.3. The van der Waals surface area contributed by atoms with Crippen molar-refractivity contribution in [1.29, 1.82) is 0 Å². The van der Waals surface area contributed by atoms with E-state index in [9.17, 15) is 0 Å². The van der Waals surface area contributed by atoms with E-state index in [4.69, 9.17) is 9.47 Å². The molecular formula is C22H18O2. The summed E-state index contributed by atoms with van der Waals surface area (Å²) in [5.74, 6) is 1.76. The van der Waals surface area contributed by atoms with Crippen molar-refractivity contribution in [3.63, 3.8) is 0 Å². The maximum atomic E-state index is 6.14. The van der Waals surface area contributed by atoms with Crippen LogP contribution in [-0.4, -0.2) is 0 Å². The van der Waals surface area contributed by atoms with Crippen LogP contribution in [0.2, 0.25) is 0 Å². The second-order valence-electron chi connectivity index (χ2n) is 5.75. The number of para-hydroxylation sites is 2. The van der Waals surface area contributed by atoms with Crippen molar-refractivity contribution in [3.05, 3.63) is 102 Å². The largest absolute Gasteiger partial charge is 0.488 e. The first kappa shape index (κ1) is 14.6. The molecule has 0 saturated carbocycles. The van der Waals surface area contributed by atoms with E-state index in [-0.39, 0.29) is 6.10 Å². The number of hydrogen-bond donors (Lipinski definition) is 0. The molecule has 1 unspecified atom stereocenters. The highest BCUT2D eigenvalue weighted by Gasteiger charge is 2.19. The number of rotatable bonds is 4. The van der Waals surface area contributed by atoms with Gasteiger partial charge < -0.3 is 9.47 Å². The van der Waals surface area contributed by atoms with E-state index < -0.39 is 0 Å². The number of fused-ring (bicyclic) bond motifs is 1. The third-order valence-electron chi connectivity index (χ3n) is 4.09. The van der Waals surface area contributed by atoms with Gasteiger partial charge in [0.25, 0.3) is 0 Å². The Morgan fingerprint density at radius 2 is 1.54 bits per heavy atom. The summed E-state index contributed by atoms with van der Waals surface area (Å²) in [6.45, 7) is 0.547. The smallest absolute Gasteiger partial charge is 0.146 e. The topological polar surface area (TPSA) is 18.5 Å². The van der Waals surface area contributed by atoms with Crippen LogP contribution < -0.4 is 9.47 Å². The third kappa shape index (κ3) is 3.04. The molecule has 1 aliphatic rings. The standard InChI is InChI=1S/C22H18O2/c1-2-8-17(9-3-1)16-23-21-13-7-5-11-19(21)22-15-14-18-10-4-6-12-20(18)24-22/h1-15,22H,16H2. The second-order valence-corrected chi connectivity index (χ2v) is 5.75. The summed E-state index contributed by atoms with van der Waals surface area (Å²) in [4.78, 5) is 0. The molecule has 0 saturated heterocycles. The van der Waals surface area contributed by atoms with Crippen molar-refractivity contribution < 1.29 is 9.47 Å². The predicted molar refractivity (Wildman–Crippen MR) is 96.1 cm³/mol. The highest BCUT2D eigenvalue weighted by molar-refractivity contribution is 5.61. The van der Waals surface area contributed by atoms with E-state index in [1.807, 2.05) is 54.6 Å². The van der Waals surface area contributed by atoms with Gasteiger partial charge in [-0.25, -0.2) is 0 Å². The first-order chi connectivity index (χ1) is 11.9. The summed E-state index contributed by atoms with van der Waals surface area (Å²) in [5.41, 5.74) is 3.30. The zero-order chi connectivity index (χ0) is 16.2. The molecule has 4 rings (SSSR count). The minimum atomic E-state index is -0.133. The normalized spacial score (nSPS) is 15.4. The van der Waals surface area contributed by atoms with Crippen LogP contribution in [0.3, 0.4) is 0 Å². The molecule has 24 heavy (non-hydrogen) atoms. The Balaban J connectivity index is 1.56. The number of ether oxygens (including phenoxy) is 2. The average Bonchev–Trinajstić information content (AvgIpc) is 2.67. The molecule has 0 aromatic heterocycles. The lowest BCUT2D eigenvalue weighted by Crippen LogP contribution is -2.10. The SMILES string of the molecule is C1=CC(c2ccccc2OCc2ccccc2)Oc2ccccc21. The van der Waals surface area contributed by atoms with Gasteiger partial charge in [0, 0.05) is 11.1 Å². The lowest BCUT2D eigenvalue weighted by atomic mass is 10.0. The van der Waals surface area contributed by atoms with Crippen molar-refractivity contribution in [1.82, 2.24) is 0 Å². The zero-order valence-electron chi connectivity index (χ0n) is 13.3. The summed E-state index contributed by atoms with van der Waals surface area (Å²) >= 11 is 0. The first-order valence-corrected chi connectivity index (χ1v) is 8.10.